The van der Waals surface area contributed by atoms with E-state index in [-0.39, 0.29) is 17.2 Å². The van der Waals surface area contributed by atoms with Gasteiger partial charge >= 0.3 is 0 Å². The van der Waals surface area contributed by atoms with Gasteiger partial charge in [0.05, 0.1) is 12.1 Å². The van der Waals surface area contributed by atoms with Crippen LogP contribution in [0.15, 0.2) is 82.7 Å². The van der Waals surface area contributed by atoms with Crippen LogP contribution in [0.25, 0.3) is 17.0 Å². The molecule has 0 spiro atoms. The number of aryl methyl sites for hydroxylation is 1. The molecule has 0 aliphatic rings. The summed E-state index contributed by atoms with van der Waals surface area (Å²) in [6, 6.07) is 15.1. The predicted molar refractivity (Wildman–Crippen MR) is 171 cm³/mol. The average molecular weight is 557 g/mol. The van der Waals surface area contributed by atoms with Gasteiger partial charge in [0.2, 0.25) is 11.7 Å². The van der Waals surface area contributed by atoms with Gasteiger partial charge in [0.15, 0.2) is 5.75 Å². The Labute approximate surface area is 244 Å². The molecule has 41 heavy (non-hydrogen) atoms. The zero-order valence-corrected chi connectivity index (χ0v) is 25.2. The highest BCUT2D eigenvalue weighted by Crippen LogP contribution is 2.34. The Bertz CT molecular complexity index is 1440. The summed E-state index contributed by atoms with van der Waals surface area (Å²) in [6.07, 6.45) is 13.7. The van der Waals surface area contributed by atoms with Crippen LogP contribution in [0.4, 0.5) is 5.69 Å². The maximum absolute atomic E-state index is 13.5. The van der Waals surface area contributed by atoms with Crippen LogP contribution in [0, 0.1) is 0 Å². The van der Waals surface area contributed by atoms with Crippen molar-refractivity contribution in [2.75, 3.05) is 18.5 Å². The summed E-state index contributed by atoms with van der Waals surface area (Å²) in [5.41, 5.74) is 4.45. The number of hydrogen-bond acceptors (Lipinski definition) is 4. The molecular formula is C35H44N2O4. The molecule has 0 aliphatic carbocycles. The van der Waals surface area contributed by atoms with Gasteiger partial charge in [0.25, 0.3) is 5.56 Å². The Morgan fingerprint density at radius 3 is 2.46 bits per heavy atom. The van der Waals surface area contributed by atoms with Crippen LogP contribution < -0.4 is 20.3 Å². The first-order valence-electron chi connectivity index (χ1n) is 14.6. The highest BCUT2D eigenvalue weighted by Gasteiger charge is 2.19. The Kier molecular flexibility index (Phi) is 12.5. The number of aromatic nitrogens is 1. The van der Waals surface area contributed by atoms with Crippen molar-refractivity contribution in [3.8, 4) is 11.5 Å². The molecule has 1 aromatic heterocycles. The fraction of sp³-hybridized carbons (Fsp3) is 0.371. The Hall–Kier alpha value is -4.06. The van der Waals surface area contributed by atoms with Crippen molar-refractivity contribution in [1.82, 2.24) is 4.57 Å². The van der Waals surface area contributed by atoms with Crippen molar-refractivity contribution in [2.45, 2.75) is 66.2 Å². The molecule has 1 amide bonds. The van der Waals surface area contributed by atoms with Crippen molar-refractivity contribution in [3.05, 3.63) is 93.8 Å². The Morgan fingerprint density at radius 1 is 0.951 bits per heavy atom. The van der Waals surface area contributed by atoms with Gasteiger partial charge in [-0.3, -0.25) is 9.59 Å². The topological polar surface area (TPSA) is 69.6 Å². The quantitative estimate of drug-likeness (QED) is 0.116. The normalized spacial score (nSPS) is 11.6. The fourth-order valence-corrected chi connectivity index (χ4v) is 4.41. The number of anilines is 1. The highest BCUT2D eigenvalue weighted by molar-refractivity contribution is 6.03. The van der Waals surface area contributed by atoms with E-state index in [1.165, 1.54) is 17.2 Å². The van der Waals surface area contributed by atoms with Gasteiger partial charge < -0.3 is 19.4 Å². The summed E-state index contributed by atoms with van der Waals surface area (Å²) in [5, 5.41) is 3.65. The summed E-state index contributed by atoms with van der Waals surface area (Å²) in [6.45, 7) is 9.25. The number of unbranched alkanes of at least 4 members (excludes halogenated alkanes) is 3. The van der Waals surface area contributed by atoms with E-state index in [9.17, 15) is 9.59 Å². The van der Waals surface area contributed by atoms with E-state index in [0.29, 0.717) is 30.2 Å². The predicted octanol–water partition coefficient (Wildman–Crippen LogP) is 8.22. The lowest BCUT2D eigenvalue weighted by Crippen LogP contribution is -2.22. The minimum absolute atomic E-state index is 0.231. The van der Waals surface area contributed by atoms with E-state index in [0.717, 1.165) is 49.5 Å². The van der Waals surface area contributed by atoms with Gasteiger partial charge in [-0.15, -0.1) is 0 Å². The third-order valence-electron chi connectivity index (χ3n) is 6.80. The number of ether oxygens (including phenoxy) is 2. The first kappa shape index (κ1) is 31.5. The molecule has 0 atom stereocenters. The van der Waals surface area contributed by atoms with Crippen molar-refractivity contribution in [1.29, 1.82) is 0 Å². The summed E-state index contributed by atoms with van der Waals surface area (Å²) in [5.74, 6) is 0.416. The standard InChI is InChI=1S/C35H44N2O4/c1-6-7-8-12-23-40-34-33(41-24-22-27(4)15-13-14-26(2)3)30-20-19-29(25-31(30)37(5)35(34)39)36-32(38)21-18-28-16-10-9-11-17-28/h9-11,14,16-22,25H,6-8,12-13,15,23-24H2,1-5H3,(H,36,38)/b21-18+,27-22+. The molecule has 0 radical (unpaired) electrons. The number of pyridine rings is 1. The van der Waals surface area contributed by atoms with Crippen LogP contribution in [0.3, 0.4) is 0 Å². The van der Waals surface area contributed by atoms with E-state index in [2.05, 4.69) is 45.2 Å². The summed E-state index contributed by atoms with van der Waals surface area (Å²) >= 11 is 0. The van der Waals surface area contributed by atoms with E-state index in [4.69, 9.17) is 9.47 Å². The monoisotopic (exact) mass is 556 g/mol. The SMILES string of the molecule is CCCCCCOc1c(OC/C=C(\C)CCC=C(C)C)c2ccc(NC(=O)/C=C/c3ccccc3)cc2n(C)c1=O. The van der Waals surface area contributed by atoms with Crippen LogP contribution in [0.1, 0.15) is 71.8 Å². The number of carbonyl (C=O) groups is 1. The van der Waals surface area contributed by atoms with Crippen LogP contribution in [-0.2, 0) is 11.8 Å². The van der Waals surface area contributed by atoms with Crippen LogP contribution in [0.2, 0.25) is 0 Å². The summed E-state index contributed by atoms with van der Waals surface area (Å²) in [7, 11) is 1.71. The number of hydrogen-bond donors (Lipinski definition) is 1. The Morgan fingerprint density at radius 2 is 1.73 bits per heavy atom. The molecule has 3 aromatic rings. The molecule has 0 saturated carbocycles. The van der Waals surface area contributed by atoms with E-state index >= 15 is 0 Å². The molecule has 218 valence electrons. The third-order valence-corrected chi connectivity index (χ3v) is 6.80. The lowest BCUT2D eigenvalue weighted by atomic mass is 10.1. The molecule has 6 nitrogen and oxygen atoms in total. The van der Waals surface area contributed by atoms with Crippen molar-refractivity contribution >= 4 is 28.6 Å². The molecule has 1 N–H and O–H groups in total. The van der Waals surface area contributed by atoms with Gasteiger partial charge in [-0.25, -0.2) is 0 Å². The molecule has 0 fully saturated rings. The molecule has 0 unspecified atom stereocenters. The number of carbonyl (C=O) groups excluding carboxylic acids is 1. The minimum atomic E-state index is -0.264. The summed E-state index contributed by atoms with van der Waals surface area (Å²) < 4.78 is 13.9. The molecular weight excluding hydrogens is 512 g/mol. The number of nitrogens with zero attached hydrogens (tertiary/aromatic N) is 1. The second-order valence-electron chi connectivity index (χ2n) is 10.6. The summed E-state index contributed by atoms with van der Waals surface area (Å²) in [4.78, 5) is 26.0. The van der Waals surface area contributed by atoms with E-state index in [1.54, 1.807) is 23.8 Å². The number of amides is 1. The highest BCUT2D eigenvalue weighted by atomic mass is 16.5. The number of nitrogens with one attached hydrogen (secondary N) is 1. The van der Waals surface area contributed by atoms with Crippen LogP contribution in [0.5, 0.6) is 11.5 Å². The van der Waals surface area contributed by atoms with Crippen molar-refractivity contribution in [2.24, 2.45) is 7.05 Å². The Balaban J connectivity index is 1.87. The lowest BCUT2D eigenvalue weighted by Gasteiger charge is -2.17. The first-order chi connectivity index (χ1) is 19.8. The molecule has 6 heteroatoms. The number of rotatable bonds is 15. The van der Waals surface area contributed by atoms with Crippen LogP contribution in [-0.4, -0.2) is 23.7 Å². The maximum Gasteiger partial charge on any atom is 0.297 e. The first-order valence-corrected chi connectivity index (χ1v) is 14.6. The van der Waals surface area contributed by atoms with Crippen LogP contribution >= 0.6 is 0 Å². The third kappa shape index (κ3) is 9.82. The fourth-order valence-electron chi connectivity index (χ4n) is 4.41. The van der Waals surface area contributed by atoms with Crippen molar-refractivity contribution < 1.29 is 14.3 Å². The van der Waals surface area contributed by atoms with Crippen molar-refractivity contribution in [3.63, 3.8) is 0 Å². The average Bonchev–Trinajstić information content (AvgIpc) is 2.96. The zero-order valence-electron chi connectivity index (χ0n) is 25.2. The molecule has 0 aliphatic heterocycles. The second kappa shape index (κ2) is 16.3. The lowest BCUT2D eigenvalue weighted by molar-refractivity contribution is -0.111. The van der Waals surface area contributed by atoms with Gasteiger partial charge in [-0.1, -0.05) is 73.7 Å². The number of benzene rings is 2. The zero-order chi connectivity index (χ0) is 29.6. The molecule has 2 aromatic carbocycles. The maximum atomic E-state index is 13.5. The molecule has 1 heterocycles. The van der Waals surface area contributed by atoms with Gasteiger partial charge in [0, 0.05) is 24.2 Å². The number of fused-ring (bicyclic) bond motifs is 1. The largest absolute Gasteiger partial charge is 0.485 e. The smallest absolute Gasteiger partial charge is 0.297 e. The minimum Gasteiger partial charge on any atom is -0.485 e. The number of allylic oxidation sites excluding steroid dienone is 3. The van der Waals surface area contributed by atoms with E-state index < -0.39 is 0 Å². The molecule has 0 saturated heterocycles. The van der Waals surface area contributed by atoms with E-state index in [1.807, 2.05) is 42.5 Å². The molecule has 3 rings (SSSR count). The van der Waals surface area contributed by atoms with Gasteiger partial charge in [-0.05, 0) is 75.9 Å². The molecule has 0 bridgehead atoms. The second-order valence-corrected chi connectivity index (χ2v) is 10.6. The van der Waals surface area contributed by atoms with Gasteiger partial charge in [-0.2, -0.15) is 0 Å². The van der Waals surface area contributed by atoms with Gasteiger partial charge in [0.1, 0.15) is 6.61 Å².